The van der Waals surface area contributed by atoms with Gasteiger partial charge < -0.3 is 0 Å². The molecular weight excluding hydrogens is 186 g/mol. The Kier molecular flexibility index (Phi) is 2.13. The Bertz CT molecular complexity index is 343. The minimum absolute atomic E-state index is 0.380. The summed E-state index contributed by atoms with van der Waals surface area (Å²) < 4.78 is 0. The molecule has 0 bridgehead atoms. The van der Waals surface area contributed by atoms with Crippen LogP contribution in [0, 0.1) is 0 Å². The molecule has 1 aromatic heterocycles. The topological polar surface area (TPSA) is 31.9 Å². The van der Waals surface area contributed by atoms with Crippen LogP contribution < -0.4 is 0 Å². The summed E-state index contributed by atoms with van der Waals surface area (Å²) in [5, 5.41) is 6.94. The van der Waals surface area contributed by atoms with E-state index >= 15 is 0 Å². The predicted molar refractivity (Wildman–Crippen MR) is 60.4 cm³/mol. The highest BCUT2D eigenvalue weighted by Gasteiger charge is 2.41. The fraction of sp³-hybridized carbons (Fsp3) is 0.583. The van der Waals surface area contributed by atoms with Crippen LogP contribution in [-0.2, 0) is 0 Å². The lowest BCUT2D eigenvalue weighted by molar-refractivity contribution is 0.251. The summed E-state index contributed by atoms with van der Waals surface area (Å²) >= 11 is 0. The van der Waals surface area contributed by atoms with Crippen molar-refractivity contribution in [2.24, 2.45) is 0 Å². The fourth-order valence-corrected chi connectivity index (χ4v) is 3.03. The molecule has 3 heteroatoms. The predicted octanol–water partition coefficient (Wildman–Crippen LogP) is 2.05. The van der Waals surface area contributed by atoms with Crippen molar-refractivity contribution >= 4 is 6.08 Å². The maximum Gasteiger partial charge on any atom is 0.0575 e. The Balaban J connectivity index is 1.81. The van der Waals surface area contributed by atoms with Gasteiger partial charge in [-0.25, -0.2) is 0 Å². The Labute approximate surface area is 90.2 Å². The van der Waals surface area contributed by atoms with Crippen molar-refractivity contribution in [3.05, 3.63) is 24.0 Å². The number of H-pyrrole nitrogens is 1. The van der Waals surface area contributed by atoms with Gasteiger partial charge in [-0.1, -0.05) is 6.08 Å². The van der Waals surface area contributed by atoms with Gasteiger partial charge in [0.15, 0.2) is 0 Å². The molecule has 0 atom stereocenters. The molecule has 0 saturated carbocycles. The number of aromatic amines is 1. The summed E-state index contributed by atoms with van der Waals surface area (Å²) in [6.45, 7) is 2.57. The van der Waals surface area contributed by atoms with Crippen LogP contribution in [0.2, 0.25) is 0 Å². The molecule has 0 spiro atoms. The molecule has 1 aromatic rings. The number of fused-ring (bicyclic) bond motifs is 1. The zero-order chi connectivity index (χ0) is 10.1. The van der Waals surface area contributed by atoms with Gasteiger partial charge >= 0.3 is 0 Å². The quantitative estimate of drug-likeness (QED) is 0.797. The second-order valence-corrected chi connectivity index (χ2v) is 4.64. The third-order valence-corrected chi connectivity index (χ3v) is 3.80. The van der Waals surface area contributed by atoms with Crippen molar-refractivity contribution in [2.75, 3.05) is 13.1 Å². The van der Waals surface area contributed by atoms with Crippen LogP contribution in [0.3, 0.4) is 0 Å². The van der Waals surface area contributed by atoms with Crippen LogP contribution in [0.1, 0.15) is 31.4 Å². The molecule has 80 valence electrons. The first kappa shape index (κ1) is 9.16. The lowest BCUT2D eigenvalue weighted by Crippen LogP contribution is -2.35. The summed E-state index contributed by atoms with van der Waals surface area (Å²) in [5.74, 6) is 0. The zero-order valence-electron chi connectivity index (χ0n) is 8.95. The molecule has 2 saturated heterocycles. The molecule has 0 amide bonds. The molecule has 0 radical (unpaired) electrons. The summed E-state index contributed by atoms with van der Waals surface area (Å²) in [4.78, 5) is 2.64. The van der Waals surface area contributed by atoms with Gasteiger partial charge in [0, 0.05) is 11.7 Å². The Morgan fingerprint density at radius 2 is 2.13 bits per heavy atom. The van der Waals surface area contributed by atoms with Gasteiger partial charge in [-0.3, -0.25) is 10.00 Å². The van der Waals surface area contributed by atoms with Gasteiger partial charge in [0.2, 0.25) is 0 Å². The molecule has 2 fully saturated rings. The van der Waals surface area contributed by atoms with Gasteiger partial charge in [-0.2, -0.15) is 5.10 Å². The van der Waals surface area contributed by atoms with Gasteiger partial charge in [0.1, 0.15) is 0 Å². The van der Waals surface area contributed by atoms with Crippen LogP contribution in [0.4, 0.5) is 0 Å². The summed E-state index contributed by atoms with van der Waals surface area (Å²) in [6, 6.07) is 2.02. The zero-order valence-corrected chi connectivity index (χ0v) is 8.95. The second-order valence-electron chi connectivity index (χ2n) is 4.64. The average molecular weight is 203 g/mol. The molecule has 0 aromatic carbocycles. The first-order chi connectivity index (χ1) is 7.39. The van der Waals surface area contributed by atoms with E-state index in [0.29, 0.717) is 5.54 Å². The summed E-state index contributed by atoms with van der Waals surface area (Å²) in [5.41, 5.74) is 1.49. The van der Waals surface area contributed by atoms with E-state index in [9.17, 15) is 0 Å². The lowest BCUT2D eigenvalue weighted by atomic mass is 9.93. The normalized spacial score (nSPS) is 25.1. The van der Waals surface area contributed by atoms with E-state index in [4.69, 9.17) is 0 Å². The third kappa shape index (κ3) is 1.51. The average Bonchev–Trinajstić information content (AvgIpc) is 2.91. The summed E-state index contributed by atoms with van der Waals surface area (Å²) in [7, 11) is 0. The van der Waals surface area contributed by atoms with Crippen LogP contribution in [0.5, 0.6) is 0 Å². The molecule has 0 aliphatic carbocycles. The smallest absolute Gasteiger partial charge is 0.0575 e. The Morgan fingerprint density at radius 1 is 1.33 bits per heavy atom. The van der Waals surface area contributed by atoms with E-state index in [1.807, 2.05) is 6.07 Å². The Morgan fingerprint density at radius 3 is 2.80 bits per heavy atom. The first-order valence-corrected chi connectivity index (χ1v) is 5.83. The van der Waals surface area contributed by atoms with Crippen molar-refractivity contribution in [3.63, 3.8) is 0 Å². The number of aromatic nitrogens is 2. The number of rotatable bonds is 2. The van der Waals surface area contributed by atoms with Gasteiger partial charge in [0.25, 0.3) is 0 Å². The molecular formula is C12H17N3. The molecule has 15 heavy (non-hydrogen) atoms. The van der Waals surface area contributed by atoms with E-state index in [1.54, 1.807) is 6.20 Å². The largest absolute Gasteiger partial charge is 0.294 e. The van der Waals surface area contributed by atoms with E-state index in [2.05, 4.69) is 27.2 Å². The molecule has 3 nitrogen and oxygen atoms in total. The maximum absolute atomic E-state index is 3.96. The Hall–Kier alpha value is -1.09. The fourth-order valence-electron chi connectivity index (χ4n) is 3.03. The maximum atomic E-state index is 3.96. The number of hydrogen-bond donors (Lipinski definition) is 1. The summed E-state index contributed by atoms with van der Waals surface area (Å²) in [6.07, 6.45) is 11.8. The third-order valence-electron chi connectivity index (χ3n) is 3.80. The highest BCUT2D eigenvalue weighted by Crippen LogP contribution is 2.40. The van der Waals surface area contributed by atoms with Crippen LogP contribution in [0.25, 0.3) is 6.08 Å². The molecule has 2 aliphatic rings. The lowest BCUT2D eigenvalue weighted by Gasteiger charge is -2.28. The van der Waals surface area contributed by atoms with Crippen LogP contribution in [-0.4, -0.2) is 33.7 Å². The molecule has 0 unspecified atom stereocenters. The van der Waals surface area contributed by atoms with Crippen LogP contribution in [0.15, 0.2) is 18.3 Å². The van der Waals surface area contributed by atoms with Crippen molar-refractivity contribution in [1.82, 2.24) is 15.1 Å². The van der Waals surface area contributed by atoms with Crippen LogP contribution >= 0.6 is 0 Å². The van der Waals surface area contributed by atoms with E-state index in [1.165, 1.54) is 38.8 Å². The molecule has 3 rings (SSSR count). The van der Waals surface area contributed by atoms with Gasteiger partial charge in [-0.05, 0) is 50.9 Å². The molecule has 3 heterocycles. The van der Waals surface area contributed by atoms with Crippen molar-refractivity contribution < 1.29 is 0 Å². The minimum atomic E-state index is 0.380. The highest BCUT2D eigenvalue weighted by molar-refractivity contribution is 5.46. The number of hydrogen-bond acceptors (Lipinski definition) is 2. The number of nitrogens with zero attached hydrogens (tertiary/aromatic N) is 2. The SMILES string of the molecule is C(=C/C12CCCN1CCC2)/c1ccn[nH]1. The van der Waals surface area contributed by atoms with E-state index in [0.717, 1.165) is 5.69 Å². The monoisotopic (exact) mass is 203 g/mol. The van der Waals surface area contributed by atoms with Gasteiger partial charge in [-0.15, -0.1) is 0 Å². The van der Waals surface area contributed by atoms with Crippen molar-refractivity contribution in [1.29, 1.82) is 0 Å². The standard InChI is InChI=1S/C12H17N3/c1-5-12(6-2-10-15(12)9-1)7-3-11-4-8-13-14-11/h3-4,7-8H,1-2,5-6,9-10H2,(H,13,14)/b7-3-. The molecule has 1 N–H and O–H groups in total. The minimum Gasteiger partial charge on any atom is -0.294 e. The van der Waals surface area contributed by atoms with Gasteiger partial charge in [0.05, 0.1) is 5.69 Å². The number of nitrogens with one attached hydrogen (secondary N) is 1. The van der Waals surface area contributed by atoms with Crippen molar-refractivity contribution in [3.8, 4) is 0 Å². The highest BCUT2D eigenvalue weighted by atomic mass is 15.2. The van der Waals surface area contributed by atoms with E-state index in [-0.39, 0.29) is 0 Å². The first-order valence-electron chi connectivity index (χ1n) is 5.83. The molecule has 2 aliphatic heterocycles. The van der Waals surface area contributed by atoms with Crippen molar-refractivity contribution in [2.45, 2.75) is 31.2 Å². The second kappa shape index (κ2) is 3.49. The van der Waals surface area contributed by atoms with E-state index < -0.39 is 0 Å².